The molecular formula is C26H29ClFN3O3. The van der Waals surface area contributed by atoms with E-state index in [1.54, 1.807) is 36.1 Å². The van der Waals surface area contributed by atoms with E-state index in [9.17, 15) is 9.18 Å². The number of ether oxygens (including phenoxy) is 2. The fraction of sp³-hybridized carbons (Fsp3) is 0.385. The van der Waals surface area contributed by atoms with Gasteiger partial charge in [0.1, 0.15) is 11.6 Å². The molecule has 1 saturated carbocycles. The Balaban J connectivity index is 1.73. The highest BCUT2D eigenvalue weighted by molar-refractivity contribution is 6.30. The molecule has 0 N–H and O–H groups in total. The van der Waals surface area contributed by atoms with E-state index in [4.69, 9.17) is 26.2 Å². The third-order valence-electron chi connectivity index (χ3n) is 6.15. The van der Waals surface area contributed by atoms with E-state index >= 15 is 0 Å². The first-order valence-electron chi connectivity index (χ1n) is 11.5. The number of methoxy groups -OCH3 is 1. The van der Waals surface area contributed by atoms with Crippen LogP contribution in [-0.4, -0.2) is 40.8 Å². The average Bonchev–Trinajstić information content (AvgIpc) is 3.46. The van der Waals surface area contributed by atoms with Gasteiger partial charge in [-0.1, -0.05) is 30.5 Å². The second-order valence-electron chi connectivity index (χ2n) is 8.55. The van der Waals surface area contributed by atoms with E-state index < -0.39 is 5.82 Å². The lowest BCUT2D eigenvalue weighted by Gasteiger charge is -2.26. The molecule has 0 saturated heterocycles. The SMILES string of the molecule is COCCN(Cc1c(C)nn(-c2ccc(Cl)cc2)c1Oc1cccc(F)c1)C(=O)C1CCCC1. The number of carbonyl (C=O) groups is 1. The first-order valence-corrected chi connectivity index (χ1v) is 11.9. The monoisotopic (exact) mass is 485 g/mol. The highest BCUT2D eigenvalue weighted by Gasteiger charge is 2.29. The Bertz CT molecular complexity index is 1130. The number of amides is 1. The molecule has 6 nitrogen and oxygen atoms in total. The highest BCUT2D eigenvalue weighted by atomic mass is 35.5. The number of rotatable bonds is 9. The molecule has 8 heteroatoms. The minimum atomic E-state index is -0.397. The van der Waals surface area contributed by atoms with Crippen LogP contribution in [0.4, 0.5) is 4.39 Å². The van der Waals surface area contributed by atoms with Crippen LogP contribution in [0.5, 0.6) is 11.6 Å². The molecule has 1 amide bonds. The van der Waals surface area contributed by atoms with Crippen LogP contribution in [-0.2, 0) is 16.1 Å². The molecule has 4 rings (SSSR count). The summed E-state index contributed by atoms with van der Waals surface area (Å²) >= 11 is 6.08. The van der Waals surface area contributed by atoms with Crippen molar-refractivity contribution in [3.8, 4) is 17.3 Å². The van der Waals surface area contributed by atoms with Gasteiger partial charge in [-0.25, -0.2) is 9.07 Å². The fourth-order valence-electron chi connectivity index (χ4n) is 4.32. The predicted octanol–water partition coefficient (Wildman–Crippen LogP) is 5.93. The van der Waals surface area contributed by atoms with Gasteiger partial charge in [-0.2, -0.15) is 5.10 Å². The molecule has 1 aliphatic carbocycles. The zero-order valence-corrected chi connectivity index (χ0v) is 20.2. The molecular weight excluding hydrogens is 457 g/mol. The van der Waals surface area contributed by atoms with Gasteiger partial charge in [-0.15, -0.1) is 0 Å². The lowest BCUT2D eigenvalue weighted by molar-refractivity contribution is -0.136. The van der Waals surface area contributed by atoms with Crippen LogP contribution in [0.1, 0.15) is 36.9 Å². The Morgan fingerprint density at radius 3 is 2.62 bits per heavy atom. The van der Waals surface area contributed by atoms with Gasteiger partial charge >= 0.3 is 0 Å². The van der Waals surface area contributed by atoms with E-state index in [2.05, 4.69) is 0 Å². The lowest BCUT2D eigenvalue weighted by Crippen LogP contribution is -2.37. The smallest absolute Gasteiger partial charge is 0.227 e. The normalized spacial score (nSPS) is 13.9. The summed E-state index contributed by atoms with van der Waals surface area (Å²) in [5.41, 5.74) is 2.24. The minimum Gasteiger partial charge on any atom is -0.438 e. The second kappa shape index (κ2) is 11.0. The van der Waals surface area contributed by atoms with E-state index in [1.807, 2.05) is 24.0 Å². The van der Waals surface area contributed by atoms with Crippen molar-refractivity contribution in [1.82, 2.24) is 14.7 Å². The number of carbonyl (C=O) groups excluding carboxylic acids is 1. The Morgan fingerprint density at radius 2 is 1.94 bits per heavy atom. The highest BCUT2D eigenvalue weighted by Crippen LogP contribution is 2.33. The maximum atomic E-state index is 13.9. The van der Waals surface area contributed by atoms with E-state index in [0.29, 0.717) is 36.3 Å². The number of halogens is 2. The van der Waals surface area contributed by atoms with Gasteiger partial charge in [-0.05, 0) is 56.2 Å². The van der Waals surface area contributed by atoms with Crippen molar-refractivity contribution >= 4 is 17.5 Å². The fourth-order valence-corrected chi connectivity index (χ4v) is 4.44. The number of aryl methyl sites for hydroxylation is 1. The average molecular weight is 486 g/mol. The molecule has 0 bridgehead atoms. The minimum absolute atomic E-state index is 0.0380. The van der Waals surface area contributed by atoms with Crippen molar-refractivity contribution in [3.05, 3.63) is 70.6 Å². The van der Waals surface area contributed by atoms with Crippen molar-refractivity contribution in [2.75, 3.05) is 20.3 Å². The van der Waals surface area contributed by atoms with E-state index in [0.717, 1.165) is 42.6 Å². The topological polar surface area (TPSA) is 56.6 Å². The first-order chi connectivity index (χ1) is 16.5. The Kier molecular flexibility index (Phi) is 7.85. The summed E-state index contributed by atoms with van der Waals surface area (Å²) in [7, 11) is 1.63. The maximum Gasteiger partial charge on any atom is 0.227 e. The van der Waals surface area contributed by atoms with Crippen LogP contribution in [0.3, 0.4) is 0 Å². The molecule has 34 heavy (non-hydrogen) atoms. The molecule has 0 spiro atoms. The second-order valence-corrected chi connectivity index (χ2v) is 8.99. The van der Waals surface area contributed by atoms with Crippen molar-refractivity contribution < 1.29 is 18.7 Å². The number of hydrogen-bond donors (Lipinski definition) is 0. The molecule has 1 aliphatic rings. The molecule has 0 unspecified atom stereocenters. The summed E-state index contributed by atoms with van der Waals surface area (Å²) in [6, 6.07) is 13.2. The van der Waals surface area contributed by atoms with Gasteiger partial charge in [0.2, 0.25) is 11.8 Å². The molecule has 0 aliphatic heterocycles. The summed E-state index contributed by atoms with van der Waals surface area (Å²) in [6.07, 6.45) is 3.99. The maximum absolute atomic E-state index is 13.9. The Labute approximate surface area is 204 Å². The van der Waals surface area contributed by atoms with Crippen molar-refractivity contribution in [3.63, 3.8) is 0 Å². The Morgan fingerprint density at radius 1 is 1.21 bits per heavy atom. The van der Waals surface area contributed by atoms with Crippen molar-refractivity contribution in [2.45, 2.75) is 39.2 Å². The molecule has 1 fully saturated rings. The number of aromatic nitrogens is 2. The number of hydrogen-bond acceptors (Lipinski definition) is 4. The van der Waals surface area contributed by atoms with Crippen LogP contribution in [0.15, 0.2) is 48.5 Å². The van der Waals surface area contributed by atoms with E-state index in [1.165, 1.54) is 12.1 Å². The Hall–Kier alpha value is -2.90. The van der Waals surface area contributed by atoms with Crippen molar-refractivity contribution in [2.24, 2.45) is 5.92 Å². The largest absolute Gasteiger partial charge is 0.438 e. The summed E-state index contributed by atoms with van der Waals surface area (Å²) in [5, 5.41) is 5.31. The van der Waals surface area contributed by atoms with Crippen LogP contribution in [0, 0.1) is 18.7 Å². The third kappa shape index (κ3) is 5.59. The molecule has 3 aromatic rings. The molecule has 2 aromatic carbocycles. The first kappa shape index (κ1) is 24.2. The molecule has 0 atom stereocenters. The number of benzene rings is 2. The zero-order valence-electron chi connectivity index (χ0n) is 19.5. The van der Waals surface area contributed by atoms with Gasteiger partial charge < -0.3 is 14.4 Å². The third-order valence-corrected chi connectivity index (χ3v) is 6.40. The van der Waals surface area contributed by atoms with Gasteiger partial charge in [0, 0.05) is 30.7 Å². The number of nitrogens with zero attached hydrogens (tertiary/aromatic N) is 3. The van der Waals surface area contributed by atoms with Gasteiger partial charge in [0.15, 0.2) is 0 Å². The molecule has 0 radical (unpaired) electrons. The van der Waals surface area contributed by atoms with Gasteiger partial charge in [0.05, 0.1) is 30.1 Å². The zero-order chi connectivity index (χ0) is 24.1. The summed E-state index contributed by atoms with van der Waals surface area (Å²) < 4.78 is 27.0. The van der Waals surface area contributed by atoms with Crippen LogP contribution in [0.25, 0.3) is 5.69 Å². The molecule has 1 aromatic heterocycles. The molecule has 180 valence electrons. The molecule has 1 heterocycles. The summed E-state index contributed by atoms with van der Waals surface area (Å²) in [6.45, 7) is 3.11. The van der Waals surface area contributed by atoms with Crippen molar-refractivity contribution in [1.29, 1.82) is 0 Å². The van der Waals surface area contributed by atoms with Gasteiger partial charge in [-0.3, -0.25) is 4.79 Å². The van der Waals surface area contributed by atoms with E-state index in [-0.39, 0.29) is 11.8 Å². The van der Waals surface area contributed by atoms with Crippen LogP contribution >= 0.6 is 11.6 Å². The summed E-state index contributed by atoms with van der Waals surface area (Å²) in [4.78, 5) is 15.2. The standard InChI is InChI=1S/C26H29ClFN3O3/c1-18-24(17-30(14-15-33-2)25(32)19-6-3-4-7-19)26(34-23-9-5-8-21(28)16-23)31(29-18)22-12-10-20(27)11-13-22/h5,8-13,16,19H,3-4,6-7,14-15,17H2,1-2H3. The summed E-state index contributed by atoms with van der Waals surface area (Å²) in [5.74, 6) is 0.557. The van der Waals surface area contributed by atoms with Crippen LogP contribution < -0.4 is 4.74 Å². The lowest BCUT2D eigenvalue weighted by atomic mass is 10.1. The van der Waals surface area contributed by atoms with Gasteiger partial charge in [0.25, 0.3) is 0 Å². The van der Waals surface area contributed by atoms with Crippen LogP contribution in [0.2, 0.25) is 5.02 Å². The predicted molar refractivity (Wildman–Crippen MR) is 129 cm³/mol. The quantitative estimate of drug-likeness (QED) is 0.377.